The largest absolute Gasteiger partial charge is 0.444 e. The van der Waals surface area contributed by atoms with Crippen molar-refractivity contribution < 1.29 is 18.8 Å². The number of ether oxygens (including phenoxy) is 1. The average Bonchev–Trinajstić information content (AvgIpc) is 2.68. The maximum absolute atomic E-state index is 13.1. The van der Waals surface area contributed by atoms with Crippen LogP contribution in [0.1, 0.15) is 20.8 Å². The van der Waals surface area contributed by atoms with E-state index in [-0.39, 0.29) is 17.5 Å². The zero-order valence-electron chi connectivity index (χ0n) is 17.5. The number of nitro groups is 1. The predicted molar refractivity (Wildman–Crippen MR) is 118 cm³/mol. The van der Waals surface area contributed by atoms with E-state index in [4.69, 9.17) is 4.74 Å². The molecule has 10 nitrogen and oxygen atoms in total. The Hall–Kier alpha value is -4.28. The van der Waals surface area contributed by atoms with Crippen molar-refractivity contribution in [1.29, 1.82) is 0 Å². The molecule has 1 heterocycles. The number of carbonyl (C=O) groups is 1. The summed E-state index contributed by atoms with van der Waals surface area (Å²) >= 11 is 0. The third-order valence-electron chi connectivity index (χ3n) is 3.84. The Bertz CT molecular complexity index is 1130. The van der Waals surface area contributed by atoms with Crippen LogP contribution in [0.15, 0.2) is 54.7 Å². The fourth-order valence-corrected chi connectivity index (χ4v) is 2.56. The number of hydrogen-bond acceptors (Lipinski definition) is 8. The molecule has 3 aromatic rings. The van der Waals surface area contributed by atoms with Crippen LogP contribution >= 0.6 is 0 Å². The van der Waals surface area contributed by atoms with Crippen LogP contribution in [-0.4, -0.2) is 26.6 Å². The summed E-state index contributed by atoms with van der Waals surface area (Å²) in [4.78, 5) is 30.9. The summed E-state index contributed by atoms with van der Waals surface area (Å²) in [6, 6.07) is 12.0. The number of carbonyl (C=O) groups excluding carboxylic acids is 1. The molecule has 32 heavy (non-hydrogen) atoms. The summed E-state index contributed by atoms with van der Waals surface area (Å²) in [7, 11) is 0. The molecule has 0 atom stereocenters. The van der Waals surface area contributed by atoms with Gasteiger partial charge in [0.05, 0.1) is 4.92 Å². The Labute approximate surface area is 183 Å². The Morgan fingerprint density at radius 1 is 1.06 bits per heavy atom. The predicted octanol–water partition coefficient (Wildman–Crippen LogP) is 5.36. The van der Waals surface area contributed by atoms with E-state index in [9.17, 15) is 19.3 Å². The van der Waals surface area contributed by atoms with E-state index in [1.54, 1.807) is 45.0 Å². The molecular formula is C21H21FN6O4. The van der Waals surface area contributed by atoms with Crippen molar-refractivity contribution in [1.82, 2.24) is 9.97 Å². The highest BCUT2D eigenvalue weighted by molar-refractivity contribution is 5.86. The fourth-order valence-electron chi connectivity index (χ4n) is 2.56. The van der Waals surface area contributed by atoms with Gasteiger partial charge in [-0.25, -0.2) is 14.2 Å². The van der Waals surface area contributed by atoms with Crippen LogP contribution in [0.4, 0.5) is 43.7 Å². The summed E-state index contributed by atoms with van der Waals surface area (Å²) < 4.78 is 18.3. The molecule has 0 aliphatic rings. The third-order valence-corrected chi connectivity index (χ3v) is 3.84. The molecule has 0 aliphatic carbocycles. The maximum Gasteiger partial charge on any atom is 0.412 e. The number of anilines is 5. The minimum absolute atomic E-state index is 0.0657. The van der Waals surface area contributed by atoms with Crippen molar-refractivity contribution in [3.05, 3.63) is 70.7 Å². The SMILES string of the molecule is CC(C)(C)OC(=O)Nc1cccc(Nc2nc(Nc3ccc(F)cc3)ncc2[N+](=O)[O-])c1. The lowest BCUT2D eigenvalue weighted by atomic mass is 10.2. The highest BCUT2D eigenvalue weighted by atomic mass is 19.1. The van der Waals surface area contributed by atoms with Crippen LogP contribution in [0.3, 0.4) is 0 Å². The molecule has 0 unspecified atom stereocenters. The number of amides is 1. The molecule has 0 saturated heterocycles. The summed E-state index contributed by atoms with van der Waals surface area (Å²) in [5.41, 5.74) is 0.365. The van der Waals surface area contributed by atoms with Crippen molar-refractivity contribution in [2.24, 2.45) is 0 Å². The van der Waals surface area contributed by atoms with Crippen LogP contribution in [0.5, 0.6) is 0 Å². The molecule has 11 heteroatoms. The number of aromatic nitrogens is 2. The summed E-state index contributed by atoms with van der Waals surface area (Å²) in [5, 5.41) is 19.7. The number of halogens is 1. The molecule has 0 fully saturated rings. The van der Waals surface area contributed by atoms with Gasteiger partial charge in [-0.1, -0.05) is 6.07 Å². The van der Waals surface area contributed by atoms with Gasteiger partial charge in [0.15, 0.2) is 0 Å². The van der Waals surface area contributed by atoms with E-state index in [2.05, 4.69) is 25.9 Å². The van der Waals surface area contributed by atoms with Crippen LogP contribution in [0, 0.1) is 15.9 Å². The van der Waals surface area contributed by atoms with Crippen molar-refractivity contribution >= 4 is 40.6 Å². The molecule has 1 amide bonds. The Balaban J connectivity index is 1.81. The number of rotatable bonds is 6. The van der Waals surface area contributed by atoms with Crippen LogP contribution < -0.4 is 16.0 Å². The number of nitrogens with one attached hydrogen (secondary N) is 3. The van der Waals surface area contributed by atoms with Gasteiger partial charge in [0.25, 0.3) is 0 Å². The van der Waals surface area contributed by atoms with E-state index in [0.717, 1.165) is 6.20 Å². The lowest BCUT2D eigenvalue weighted by molar-refractivity contribution is -0.384. The van der Waals surface area contributed by atoms with E-state index in [1.165, 1.54) is 24.3 Å². The zero-order valence-corrected chi connectivity index (χ0v) is 17.5. The van der Waals surface area contributed by atoms with E-state index in [0.29, 0.717) is 17.1 Å². The Kier molecular flexibility index (Phi) is 6.47. The van der Waals surface area contributed by atoms with Gasteiger partial charge in [0.2, 0.25) is 11.8 Å². The smallest absolute Gasteiger partial charge is 0.412 e. The summed E-state index contributed by atoms with van der Waals surface area (Å²) in [6.45, 7) is 5.24. The first kappa shape index (κ1) is 22.4. The first-order valence-corrected chi connectivity index (χ1v) is 9.50. The van der Waals surface area contributed by atoms with E-state index < -0.39 is 22.4 Å². The minimum Gasteiger partial charge on any atom is -0.444 e. The summed E-state index contributed by atoms with van der Waals surface area (Å²) in [5.74, 6) is -0.390. The van der Waals surface area contributed by atoms with Crippen molar-refractivity contribution in [2.75, 3.05) is 16.0 Å². The first-order chi connectivity index (χ1) is 15.1. The quantitative estimate of drug-likeness (QED) is 0.345. The molecule has 2 aromatic carbocycles. The lowest BCUT2D eigenvalue weighted by Crippen LogP contribution is -2.27. The Morgan fingerprint density at radius 3 is 2.41 bits per heavy atom. The molecule has 0 radical (unpaired) electrons. The van der Waals surface area contributed by atoms with E-state index >= 15 is 0 Å². The average molecular weight is 440 g/mol. The first-order valence-electron chi connectivity index (χ1n) is 9.50. The summed E-state index contributed by atoms with van der Waals surface area (Å²) in [6.07, 6.45) is 0.428. The molecule has 0 bridgehead atoms. The molecular weight excluding hydrogens is 419 g/mol. The molecule has 3 rings (SSSR count). The van der Waals surface area contributed by atoms with Crippen LogP contribution in [0.2, 0.25) is 0 Å². The van der Waals surface area contributed by atoms with Crippen molar-refractivity contribution in [3.8, 4) is 0 Å². The second-order valence-electron chi connectivity index (χ2n) is 7.65. The van der Waals surface area contributed by atoms with Crippen molar-refractivity contribution in [3.63, 3.8) is 0 Å². The lowest BCUT2D eigenvalue weighted by Gasteiger charge is -2.19. The highest BCUT2D eigenvalue weighted by Crippen LogP contribution is 2.28. The number of nitrogens with zero attached hydrogens (tertiary/aromatic N) is 3. The normalized spacial score (nSPS) is 10.9. The van der Waals surface area contributed by atoms with Gasteiger partial charge >= 0.3 is 11.8 Å². The second-order valence-corrected chi connectivity index (χ2v) is 7.65. The zero-order chi connectivity index (χ0) is 23.3. The molecule has 0 spiro atoms. The van der Waals surface area contributed by atoms with E-state index in [1.807, 2.05) is 0 Å². The number of hydrogen-bond donors (Lipinski definition) is 3. The third kappa shape index (κ3) is 6.36. The molecule has 3 N–H and O–H groups in total. The minimum atomic E-state index is -0.657. The van der Waals surface area contributed by atoms with Crippen LogP contribution in [-0.2, 0) is 4.74 Å². The van der Waals surface area contributed by atoms with Crippen LogP contribution in [0.25, 0.3) is 0 Å². The number of benzene rings is 2. The van der Waals surface area contributed by atoms with Gasteiger partial charge in [-0.2, -0.15) is 4.98 Å². The molecule has 0 saturated carbocycles. The second kappa shape index (κ2) is 9.25. The van der Waals surface area contributed by atoms with Gasteiger partial charge in [0.1, 0.15) is 17.6 Å². The van der Waals surface area contributed by atoms with Gasteiger partial charge in [0, 0.05) is 17.1 Å². The van der Waals surface area contributed by atoms with Gasteiger partial charge < -0.3 is 15.4 Å². The van der Waals surface area contributed by atoms with Gasteiger partial charge in [-0.15, -0.1) is 0 Å². The van der Waals surface area contributed by atoms with Gasteiger partial charge in [-0.05, 0) is 63.2 Å². The Morgan fingerprint density at radius 2 is 1.75 bits per heavy atom. The standard InChI is InChI=1S/C21H21FN6O4/c1-21(2,3)32-20(29)26-16-6-4-5-15(11-16)24-18-17(28(30)31)12-23-19(27-18)25-14-9-7-13(22)8-10-14/h4-12H,1-3H3,(H,26,29)(H2,23,24,25,27). The maximum atomic E-state index is 13.1. The fraction of sp³-hybridized carbons (Fsp3) is 0.190. The molecule has 0 aliphatic heterocycles. The highest BCUT2D eigenvalue weighted by Gasteiger charge is 2.19. The van der Waals surface area contributed by atoms with Gasteiger partial charge in [-0.3, -0.25) is 15.4 Å². The molecule has 1 aromatic heterocycles. The molecule has 166 valence electrons. The van der Waals surface area contributed by atoms with Crippen molar-refractivity contribution in [2.45, 2.75) is 26.4 Å². The topological polar surface area (TPSA) is 131 Å². The monoisotopic (exact) mass is 440 g/mol.